The molecule has 0 radical (unpaired) electrons. The maximum absolute atomic E-state index is 11.1. The Morgan fingerprint density at radius 2 is 2.14 bits per heavy atom. The molecule has 0 bridgehead atoms. The first-order chi connectivity index (χ1) is 10.1. The Kier molecular flexibility index (Phi) is 4.98. The molecule has 1 N–H and O–H groups in total. The quantitative estimate of drug-likeness (QED) is 0.920. The van der Waals surface area contributed by atoms with E-state index in [0.717, 1.165) is 11.1 Å². The highest BCUT2D eigenvalue weighted by molar-refractivity contribution is 5.66. The molecule has 5 heteroatoms. The van der Waals surface area contributed by atoms with Crippen molar-refractivity contribution in [2.24, 2.45) is 0 Å². The number of nitrogens with one attached hydrogen (secondary N) is 1. The molecule has 1 amide bonds. The summed E-state index contributed by atoms with van der Waals surface area (Å²) in [5.41, 5.74) is 3.33. The van der Waals surface area contributed by atoms with Gasteiger partial charge in [0, 0.05) is 13.2 Å². The van der Waals surface area contributed by atoms with Crippen LogP contribution in [0.25, 0.3) is 0 Å². The molecule has 0 saturated heterocycles. The van der Waals surface area contributed by atoms with Gasteiger partial charge in [0.1, 0.15) is 6.61 Å². The fourth-order valence-corrected chi connectivity index (χ4v) is 1.99. The second kappa shape index (κ2) is 6.92. The van der Waals surface area contributed by atoms with Gasteiger partial charge in [-0.2, -0.15) is 5.10 Å². The molecule has 0 aliphatic heterocycles. The molecule has 0 unspecified atom stereocenters. The van der Waals surface area contributed by atoms with E-state index in [9.17, 15) is 4.79 Å². The van der Waals surface area contributed by atoms with E-state index >= 15 is 0 Å². The van der Waals surface area contributed by atoms with Crippen LogP contribution in [0.3, 0.4) is 0 Å². The van der Waals surface area contributed by atoms with Crippen LogP contribution in [0.2, 0.25) is 0 Å². The molecule has 21 heavy (non-hydrogen) atoms. The van der Waals surface area contributed by atoms with Gasteiger partial charge in [-0.15, -0.1) is 0 Å². The third-order valence-electron chi connectivity index (χ3n) is 3.23. The topological polar surface area (TPSA) is 56.1 Å². The van der Waals surface area contributed by atoms with Gasteiger partial charge in [0.2, 0.25) is 0 Å². The van der Waals surface area contributed by atoms with Crippen molar-refractivity contribution in [2.45, 2.75) is 32.9 Å². The van der Waals surface area contributed by atoms with Gasteiger partial charge >= 0.3 is 6.09 Å². The highest BCUT2D eigenvalue weighted by atomic mass is 16.5. The SMILES string of the molecule is CNC(=O)OCc1cccc(Cn2cc(C(C)C)cn2)c1. The third kappa shape index (κ3) is 4.34. The van der Waals surface area contributed by atoms with Crippen molar-refractivity contribution < 1.29 is 9.53 Å². The van der Waals surface area contributed by atoms with Crippen molar-refractivity contribution in [1.29, 1.82) is 0 Å². The molecule has 0 aliphatic rings. The Hall–Kier alpha value is -2.30. The van der Waals surface area contributed by atoms with E-state index < -0.39 is 6.09 Å². The molecule has 2 aromatic rings. The maximum atomic E-state index is 11.1. The van der Waals surface area contributed by atoms with E-state index in [0.29, 0.717) is 12.5 Å². The summed E-state index contributed by atoms with van der Waals surface area (Å²) in [7, 11) is 1.54. The van der Waals surface area contributed by atoms with Gasteiger partial charge in [-0.1, -0.05) is 38.1 Å². The van der Waals surface area contributed by atoms with E-state index in [-0.39, 0.29) is 6.61 Å². The van der Waals surface area contributed by atoms with Crippen molar-refractivity contribution in [1.82, 2.24) is 15.1 Å². The lowest BCUT2D eigenvalue weighted by Crippen LogP contribution is -2.18. The number of hydrogen-bond donors (Lipinski definition) is 1. The zero-order chi connectivity index (χ0) is 15.2. The molecular formula is C16H21N3O2. The number of nitrogens with zero attached hydrogens (tertiary/aromatic N) is 2. The standard InChI is InChI=1S/C16H21N3O2/c1-12(2)15-8-18-19(10-15)9-13-5-4-6-14(7-13)11-21-16(20)17-3/h4-8,10,12H,9,11H2,1-3H3,(H,17,20). The van der Waals surface area contributed by atoms with Crippen LogP contribution in [-0.2, 0) is 17.9 Å². The highest BCUT2D eigenvalue weighted by Crippen LogP contribution is 2.14. The van der Waals surface area contributed by atoms with Crippen molar-refractivity contribution in [2.75, 3.05) is 7.05 Å². The van der Waals surface area contributed by atoms with E-state index in [2.05, 4.69) is 30.5 Å². The fraction of sp³-hybridized carbons (Fsp3) is 0.375. The summed E-state index contributed by atoms with van der Waals surface area (Å²) < 4.78 is 6.97. The van der Waals surface area contributed by atoms with E-state index in [1.54, 1.807) is 7.05 Å². The van der Waals surface area contributed by atoms with Crippen LogP contribution in [0.1, 0.15) is 36.5 Å². The van der Waals surface area contributed by atoms with Gasteiger partial charge in [-0.25, -0.2) is 4.79 Å². The van der Waals surface area contributed by atoms with Gasteiger partial charge < -0.3 is 10.1 Å². The summed E-state index contributed by atoms with van der Waals surface area (Å²) in [4.78, 5) is 11.1. The van der Waals surface area contributed by atoms with Gasteiger partial charge in [-0.05, 0) is 22.6 Å². The average molecular weight is 287 g/mol. The predicted octanol–water partition coefficient (Wildman–Crippen LogP) is 2.91. The fourth-order valence-electron chi connectivity index (χ4n) is 1.99. The van der Waals surface area contributed by atoms with Gasteiger partial charge in [-0.3, -0.25) is 4.68 Å². The first-order valence-electron chi connectivity index (χ1n) is 7.03. The number of benzene rings is 1. The average Bonchev–Trinajstić information content (AvgIpc) is 2.94. The summed E-state index contributed by atoms with van der Waals surface area (Å²) in [5, 5.41) is 6.80. The number of hydrogen-bond acceptors (Lipinski definition) is 3. The number of amides is 1. The Balaban J connectivity index is 2.01. The summed E-state index contributed by atoms with van der Waals surface area (Å²) in [5.74, 6) is 0.478. The number of carbonyl (C=O) groups is 1. The lowest BCUT2D eigenvalue weighted by Gasteiger charge is -2.07. The molecule has 2 rings (SSSR count). The van der Waals surface area contributed by atoms with Crippen LogP contribution in [0.15, 0.2) is 36.7 Å². The Morgan fingerprint density at radius 3 is 2.81 bits per heavy atom. The molecule has 1 heterocycles. The van der Waals surface area contributed by atoms with Crippen LogP contribution in [0, 0.1) is 0 Å². The Morgan fingerprint density at radius 1 is 1.38 bits per heavy atom. The first-order valence-corrected chi connectivity index (χ1v) is 7.03. The minimum Gasteiger partial charge on any atom is -0.445 e. The van der Waals surface area contributed by atoms with Crippen molar-refractivity contribution >= 4 is 6.09 Å². The zero-order valence-corrected chi connectivity index (χ0v) is 12.7. The molecule has 0 atom stereocenters. The number of alkyl carbamates (subject to hydrolysis) is 1. The summed E-state index contributed by atoms with van der Waals surface area (Å²) in [6, 6.07) is 7.97. The second-order valence-electron chi connectivity index (χ2n) is 5.27. The number of ether oxygens (including phenoxy) is 1. The first kappa shape index (κ1) is 15.1. The molecule has 1 aromatic heterocycles. The largest absolute Gasteiger partial charge is 0.445 e. The van der Waals surface area contributed by atoms with Gasteiger partial charge in [0.25, 0.3) is 0 Å². The number of aromatic nitrogens is 2. The van der Waals surface area contributed by atoms with E-state index in [4.69, 9.17) is 4.74 Å². The Bertz CT molecular complexity index is 605. The van der Waals surface area contributed by atoms with Gasteiger partial charge in [0.05, 0.1) is 12.7 Å². The molecule has 0 aliphatic carbocycles. The summed E-state index contributed by atoms with van der Waals surface area (Å²) in [6.45, 7) is 5.28. The third-order valence-corrected chi connectivity index (χ3v) is 3.23. The summed E-state index contributed by atoms with van der Waals surface area (Å²) >= 11 is 0. The predicted molar refractivity (Wildman–Crippen MR) is 81.1 cm³/mol. The minimum absolute atomic E-state index is 0.268. The molecule has 0 fully saturated rings. The number of carbonyl (C=O) groups excluding carboxylic acids is 1. The van der Waals surface area contributed by atoms with Crippen LogP contribution >= 0.6 is 0 Å². The zero-order valence-electron chi connectivity index (χ0n) is 12.7. The molecule has 1 aromatic carbocycles. The lowest BCUT2D eigenvalue weighted by molar-refractivity contribution is 0.142. The van der Waals surface area contributed by atoms with Crippen molar-refractivity contribution in [3.63, 3.8) is 0 Å². The monoisotopic (exact) mass is 287 g/mol. The Labute approximate surface area is 124 Å². The second-order valence-corrected chi connectivity index (χ2v) is 5.27. The van der Waals surface area contributed by atoms with E-state index in [1.165, 1.54) is 5.56 Å². The lowest BCUT2D eigenvalue weighted by atomic mass is 10.1. The van der Waals surface area contributed by atoms with Crippen molar-refractivity contribution in [3.8, 4) is 0 Å². The summed E-state index contributed by atoms with van der Waals surface area (Å²) in [6.07, 6.45) is 3.55. The van der Waals surface area contributed by atoms with E-state index in [1.807, 2.05) is 35.1 Å². The van der Waals surface area contributed by atoms with Crippen LogP contribution in [0.4, 0.5) is 4.79 Å². The van der Waals surface area contributed by atoms with Gasteiger partial charge in [0.15, 0.2) is 0 Å². The molecule has 0 spiro atoms. The molecular weight excluding hydrogens is 266 g/mol. The smallest absolute Gasteiger partial charge is 0.407 e. The van der Waals surface area contributed by atoms with Crippen molar-refractivity contribution in [3.05, 3.63) is 53.3 Å². The molecule has 0 saturated carbocycles. The van der Waals surface area contributed by atoms with Crippen LogP contribution < -0.4 is 5.32 Å². The highest BCUT2D eigenvalue weighted by Gasteiger charge is 2.05. The molecule has 5 nitrogen and oxygen atoms in total. The minimum atomic E-state index is -0.422. The maximum Gasteiger partial charge on any atom is 0.407 e. The van der Waals surface area contributed by atoms with Crippen LogP contribution in [0.5, 0.6) is 0 Å². The normalized spacial score (nSPS) is 10.7. The number of rotatable bonds is 5. The molecule has 112 valence electrons. The van der Waals surface area contributed by atoms with Crippen LogP contribution in [-0.4, -0.2) is 22.9 Å².